The summed E-state index contributed by atoms with van der Waals surface area (Å²) in [4.78, 5) is 18.3. The largest absolute Gasteiger partial charge is 0.396 e. The van der Waals surface area contributed by atoms with Crippen LogP contribution in [0.4, 0.5) is 10.9 Å². The first-order valence-electron chi connectivity index (χ1n) is 6.28. The maximum absolute atomic E-state index is 11.9. The summed E-state index contributed by atoms with van der Waals surface area (Å²) in [6, 6.07) is 0. The fourth-order valence-electron chi connectivity index (χ4n) is 1.50. The Bertz CT molecular complexity index is 420. The number of amides is 1. The maximum Gasteiger partial charge on any atom is 0.265 e. The maximum atomic E-state index is 11.9. The highest BCUT2D eigenvalue weighted by Crippen LogP contribution is 2.26. The van der Waals surface area contributed by atoms with E-state index in [0.29, 0.717) is 11.4 Å². The number of carbonyl (C=O) groups excluding carboxylic acids is 1. The number of hydrogen-bond donors (Lipinski definition) is 3. The van der Waals surface area contributed by atoms with Crippen LogP contribution >= 0.6 is 11.3 Å². The number of aromatic nitrogens is 1. The van der Waals surface area contributed by atoms with Crippen molar-refractivity contribution >= 4 is 28.2 Å². The molecular formula is C12H22N4O2S. The second-order valence-electron chi connectivity index (χ2n) is 4.79. The second kappa shape index (κ2) is 7.30. The number of thiazole rings is 1. The smallest absolute Gasteiger partial charge is 0.265 e. The van der Waals surface area contributed by atoms with Gasteiger partial charge in [-0.25, -0.2) is 4.98 Å². The minimum atomic E-state index is -0.181. The molecule has 0 aromatic carbocycles. The van der Waals surface area contributed by atoms with E-state index in [-0.39, 0.29) is 24.2 Å². The molecule has 0 aliphatic heterocycles. The van der Waals surface area contributed by atoms with Gasteiger partial charge in [0.05, 0.1) is 0 Å². The number of aliphatic hydroxyl groups is 1. The van der Waals surface area contributed by atoms with Crippen molar-refractivity contribution in [3.05, 3.63) is 4.88 Å². The number of nitrogens with two attached hydrogens (primary N) is 1. The monoisotopic (exact) mass is 286 g/mol. The van der Waals surface area contributed by atoms with Crippen LogP contribution in [0.3, 0.4) is 0 Å². The van der Waals surface area contributed by atoms with Crippen LogP contribution in [0.1, 0.15) is 29.4 Å². The summed E-state index contributed by atoms with van der Waals surface area (Å²) in [7, 11) is 3.71. The molecule has 0 radical (unpaired) electrons. The Labute approximate surface area is 117 Å². The Hall–Kier alpha value is -1.34. The summed E-state index contributed by atoms with van der Waals surface area (Å²) in [6.07, 6.45) is 1.73. The summed E-state index contributed by atoms with van der Waals surface area (Å²) >= 11 is 1.28. The minimum Gasteiger partial charge on any atom is -0.396 e. The third-order valence-corrected chi connectivity index (χ3v) is 3.94. The van der Waals surface area contributed by atoms with Crippen LogP contribution in [0, 0.1) is 5.92 Å². The van der Waals surface area contributed by atoms with Crippen LogP contribution in [0.2, 0.25) is 0 Å². The summed E-state index contributed by atoms with van der Waals surface area (Å²) in [5.41, 5.74) is 5.73. The molecule has 4 N–H and O–H groups in total. The molecule has 0 saturated heterocycles. The summed E-state index contributed by atoms with van der Waals surface area (Å²) < 4.78 is 0. The highest BCUT2D eigenvalue weighted by atomic mass is 32.1. The Morgan fingerprint density at radius 2 is 2.26 bits per heavy atom. The van der Waals surface area contributed by atoms with Crippen LogP contribution < -0.4 is 16.0 Å². The standard InChI is InChI=1S/C12H22N4O2S/c1-8(7-17)5-4-6-14-11(18)9-10(13)15-12(19-9)16(2)3/h8,17H,4-7,13H2,1-3H3,(H,14,18). The van der Waals surface area contributed by atoms with Gasteiger partial charge in [-0.05, 0) is 18.8 Å². The van der Waals surface area contributed by atoms with Crippen LogP contribution in [0.5, 0.6) is 0 Å². The van der Waals surface area contributed by atoms with E-state index in [1.165, 1.54) is 11.3 Å². The summed E-state index contributed by atoms with van der Waals surface area (Å²) in [5, 5.41) is 12.4. The van der Waals surface area contributed by atoms with Gasteiger partial charge in [-0.15, -0.1) is 0 Å². The third kappa shape index (κ3) is 4.68. The lowest BCUT2D eigenvalue weighted by Crippen LogP contribution is -2.24. The van der Waals surface area contributed by atoms with Gasteiger partial charge in [0, 0.05) is 27.2 Å². The van der Waals surface area contributed by atoms with Gasteiger partial charge >= 0.3 is 0 Å². The van der Waals surface area contributed by atoms with Crippen molar-refractivity contribution in [2.24, 2.45) is 5.92 Å². The molecule has 0 bridgehead atoms. The molecule has 1 amide bonds. The molecule has 0 aliphatic rings. The number of nitrogen functional groups attached to an aromatic ring is 1. The average molecular weight is 286 g/mol. The van der Waals surface area contributed by atoms with E-state index in [4.69, 9.17) is 10.8 Å². The number of aliphatic hydroxyl groups excluding tert-OH is 1. The number of nitrogens with zero attached hydrogens (tertiary/aromatic N) is 2. The van der Waals surface area contributed by atoms with Gasteiger partial charge in [-0.2, -0.15) is 0 Å². The van der Waals surface area contributed by atoms with Crippen LogP contribution in [0.15, 0.2) is 0 Å². The van der Waals surface area contributed by atoms with Crippen LogP contribution in [-0.4, -0.2) is 43.2 Å². The quantitative estimate of drug-likeness (QED) is 0.649. The highest BCUT2D eigenvalue weighted by molar-refractivity contribution is 7.18. The molecule has 108 valence electrons. The average Bonchev–Trinajstić information content (AvgIpc) is 2.76. The molecule has 0 spiro atoms. The zero-order chi connectivity index (χ0) is 14.4. The minimum absolute atomic E-state index is 0.181. The van der Waals surface area contributed by atoms with Gasteiger partial charge in [-0.1, -0.05) is 18.3 Å². The lowest BCUT2D eigenvalue weighted by Gasteiger charge is -2.08. The SMILES string of the molecule is CC(CO)CCCNC(=O)c1sc(N(C)C)nc1N. The number of hydrogen-bond acceptors (Lipinski definition) is 6. The zero-order valence-corrected chi connectivity index (χ0v) is 12.5. The van der Waals surface area contributed by atoms with E-state index in [2.05, 4.69) is 10.3 Å². The molecule has 1 heterocycles. The van der Waals surface area contributed by atoms with Crippen molar-refractivity contribution in [3.63, 3.8) is 0 Å². The molecule has 0 saturated carbocycles. The normalized spacial score (nSPS) is 12.2. The van der Waals surface area contributed by atoms with Crippen molar-refractivity contribution in [2.45, 2.75) is 19.8 Å². The molecule has 1 rings (SSSR count). The molecule has 1 atom stereocenters. The number of rotatable bonds is 7. The first-order chi connectivity index (χ1) is 8.95. The molecular weight excluding hydrogens is 264 g/mol. The second-order valence-corrected chi connectivity index (χ2v) is 5.77. The van der Waals surface area contributed by atoms with Crippen molar-refractivity contribution in [3.8, 4) is 0 Å². The summed E-state index contributed by atoms with van der Waals surface area (Å²) in [6.45, 7) is 2.74. The van der Waals surface area contributed by atoms with Crippen molar-refractivity contribution < 1.29 is 9.90 Å². The van der Waals surface area contributed by atoms with Crippen molar-refractivity contribution in [1.82, 2.24) is 10.3 Å². The van der Waals surface area contributed by atoms with Gasteiger partial charge in [0.15, 0.2) is 5.13 Å². The third-order valence-electron chi connectivity index (χ3n) is 2.70. The van der Waals surface area contributed by atoms with Crippen molar-refractivity contribution in [2.75, 3.05) is 37.9 Å². The first-order valence-corrected chi connectivity index (χ1v) is 7.10. The molecule has 6 nitrogen and oxygen atoms in total. The molecule has 0 fully saturated rings. The lowest BCUT2D eigenvalue weighted by atomic mass is 10.1. The van der Waals surface area contributed by atoms with E-state index < -0.39 is 0 Å². The predicted molar refractivity (Wildman–Crippen MR) is 78.7 cm³/mol. The number of anilines is 2. The van der Waals surface area contributed by atoms with E-state index in [1.54, 1.807) is 0 Å². The van der Waals surface area contributed by atoms with E-state index in [9.17, 15) is 4.79 Å². The van der Waals surface area contributed by atoms with Gasteiger partial charge in [-0.3, -0.25) is 4.79 Å². The highest BCUT2D eigenvalue weighted by Gasteiger charge is 2.16. The lowest BCUT2D eigenvalue weighted by molar-refractivity contribution is 0.0957. The number of carbonyl (C=O) groups is 1. The Balaban J connectivity index is 2.45. The Morgan fingerprint density at radius 3 is 2.79 bits per heavy atom. The van der Waals surface area contributed by atoms with Crippen LogP contribution in [-0.2, 0) is 0 Å². The fraction of sp³-hybridized carbons (Fsp3) is 0.667. The molecule has 7 heteroatoms. The molecule has 1 aromatic heterocycles. The molecule has 1 unspecified atom stereocenters. The first kappa shape index (κ1) is 15.7. The van der Waals surface area contributed by atoms with Gasteiger partial charge in [0.25, 0.3) is 5.91 Å². The summed E-state index contributed by atoms with van der Waals surface area (Å²) in [5.74, 6) is 0.361. The van der Waals surface area contributed by atoms with Crippen LogP contribution in [0.25, 0.3) is 0 Å². The van der Waals surface area contributed by atoms with Gasteiger partial charge in [0.2, 0.25) is 0 Å². The molecule has 0 aliphatic carbocycles. The predicted octanol–water partition coefficient (Wildman–Crippen LogP) is 0.930. The van der Waals surface area contributed by atoms with E-state index >= 15 is 0 Å². The fourth-order valence-corrected chi connectivity index (χ4v) is 2.32. The molecule has 19 heavy (non-hydrogen) atoms. The van der Waals surface area contributed by atoms with Gasteiger partial charge in [0.1, 0.15) is 10.7 Å². The Morgan fingerprint density at radius 1 is 1.58 bits per heavy atom. The van der Waals surface area contributed by atoms with E-state index in [1.807, 2.05) is 25.9 Å². The van der Waals surface area contributed by atoms with Crippen molar-refractivity contribution in [1.29, 1.82) is 0 Å². The topological polar surface area (TPSA) is 91.5 Å². The van der Waals surface area contributed by atoms with Gasteiger partial charge < -0.3 is 21.1 Å². The Kier molecular flexibility index (Phi) is 6.04. The zero-order valence-electron chi connectivity index (χ0n) is 11.6. The molecule has 1 aromatic rings. The number of nitrogens with one attached hydrogen (secondary N) is 1. The van der Waals surface area contributed by atoms with E-state index in [0.717, 1.165) is 18.0 Å².